The maximum atomic E-state index is 14.9. The number of likely N-dealkylation sites (tertiary alicyclic amines) is 1. The van der Waals surface area contributed by atoms with Gasteiger partial charge in [-0.1, -0.05) is 0 Å². The number of nitrogens with zero attached hydrogens (tertiary/aromatic N) is 7. The molecule has 2 aromatic heterocycles. The Morgan fingerprint density at radius 1 is 1.15 bits per heavy atom. The Hall–Kier alpha value is -4.58. The molecule has 14 heteroatoms. The van der Waals surface area contributed by atoms with E-state index in [1.807, 2.05) is 12.1 Å². The number of alkyl halides is 1. The summed E-state index contributed by atoms with van der Waals surface area (Å²) in [6.07, 6.45) is -1.63. The van der Waals surface area contributed by atoms with Crippen molar-refractivity contribution < 1.29 is 28.5 Å². The number of hydrogen-bond donors (Lipinski definition) is 2. The zero-order valence-corrected chi connectivity index (χ0v) is 25.8. The van der Waals surface area contributed by atoms with Crippen LogP contribution in [0.15, 0.2) is 42.6 Å². The van der Waals surface area contributed by atoms with E-state index < -0.39 is 24.3 Å². The average Bonchev–Trinajstić information content (AvgIpc) is 3.05. The summed E-state index contributed by atoms with van der Waals surface area (Å²) in [5.41, 5.74) is 2.37. The van der Waals surface area contributed by atoms with Crippen LogP contribution in [0, 0.1) is 11.3 Å². The molecule has 3 fully saturated rings. The van der Waals surface area contributed by atoms with E-state index in [4.69, 9.17) is 14.2 Å². The SMILES string of the molecule is COc1nc(Nc2nccc(-c3ccc(O[C@H]4CCN(C(=O)[C@H](C)O)C[C@H]4F)c(C#N)c3)n2)ccc1N1CCN(C2COC2)CC1. The van der Waals surface area contributed by atoms with Gasteiger partial charge in [-0.15, -0.1) is 0 Å². The minimum absolute atomic E-state index is 0.178. The molecule has 1 amide bonds. The number of benzene rings is 1. The molecule has 0 spiro atoms. The van der Waals surface area contributed by atoms with Gasteiger partial charge in [-0.25, -0.2) is 14.4 Å². The van der Waals surface area contributed by atoms with E-state index in [-0.39, 0.29) is 30.8 Å². The summed E-state index contributed by atoms with van der Waals surface area (Å²) in [4.78, 5) is 31.7. The lowest BCUT2D eigenvalue weighted by atomic mass is 10.0. The Labute approximate surface area is 266 Å². The molecule has 13 nitrogen and oxygen atoms in total. The van der Waals surface area contributed by atoms with Crippen LogP contribution in [0.2, 0.25) is 0 Å². The number of aromatic nitrogens is 3. The van der Waals surface area contributed by atoms with Crippen LogP contribution in [0.1, 0.15) is 18.9 Å². The summed E-state index contributed by atoms with van der Waals surface area (Å²) < 4.78 is 31.8. The summed E-state index contributed by atoms with van der Waals surface area (Å²) in [5.74, 6) is 1.07. The van der Waals surface area contributed by atoms with Gasteiger partial charge in [0.1, 0.15) is 35.5 Å². The summed E-state index contributed by atoms with van der Waals surface area (Å²) in [6.45, 7) is 6.72. The fourth-order valence-corrected chi connectivity index (χ4v) is 5.87. The summed E-state index contributed by atoms with van der Waals surface area (Å²) >= 11 is 0. The van der Waals surface area contributed by atoms with Gasteiger partial charge in [0.25, 0.3) is 5.91 Å². The molecule has 0 bridgehead atoms. The fourth-order valence-electron chi connectivity index (χ4n) is 5.87. The Morgan fingerprint density at radius 3 is 2.63 bits per heavy atom. The highest BCUT2D eigenvalue weighted by Crippen LogP contribution is 2.32. The predicted octanol–water partition coefficient (Wildman–Crippen LogP) is 2.38. The maximum absolute atomic E-state index is 14.9. The van der Waals surface area contributed by atoms with Crippen LogP contribution in [-0.4, -0.2) is 120 Å². The molecule has 3 atom stereocenters. The summed E-state index contributed by atoms with van der Waals surface area (Å²) in [7, 11) is 1.60. The summed E-state index contributed by atoms with van der Waals surface area (Å²) in [5, 5.41) is 22.5. The molecule has 6 rings (SSSR count). The third-order valence-corrected chi connectivity index (χ3v) is 8.55. The van der Waals surface area contributed by atoms with Crippen molar-refractivity contribution in [3.8, 4) is 29.0 Å². The van der Waals surface area contributed by atoms with Gasteiger partial charge >= 0.3 is 0 Å². The van der Waals surface area contributed by atoms with Gasteiger partial charge in [-0.3, -0.25) is 9.69 Å². The number of aliphatic hydroxyl groups is 1. The lowest BCUT2D eigenvalue weighted by molar-refractivity contribution is -0.143. The highest BCUT2D eigenvalue weighted by atomic mass is 19.1. The minimum atomic E-state index is -1.46. The highest BCUT2D eigenvalue weighted by Gasteiger charge is 2.34. The second kappa shape index (κ2) is 13.8. The first-order valence-electron chi connectivity index (χ1n) is 15.4. The van der Waals surface area contributed by atoms with Gasteiger partial charge in [0.2, 0.25) is 11.8 Å². The molecule has 0 radical (unpaired) electrons. The number of nitriles is 1. The molecule has 3 aliphatic heterocycles. The largest absolute Gasteiger partial charge is 0.486 e. The molecule has 242 valence electrons. The number of pyridine rings is 1. The number of amides is 1. The molecule has 0 saturated carbocycles. The number of carbonyl (C=O) groups excluding carboxylic acids is 1. The van der Waals surface area contributed by atoms with Crippen LogP contribution < -0.4 is 19.7 Å². The monoisotopic (exact) mass is 632 g/mol. The molecule has 1 aromatic carbocycles. The number of rotatable bonds is 9. The molecular formula is C32H37FN8O5. The number of ether oxygens (including phenoxy) is 3. The topological polar surface area (TPSA) is 149 Å². The Bertz CT molecular complexity index is 1590. The van der Waals surface area contributed by atoms with E-state index in [2.05, 4.69) is 36.1 Å². The number of anilines is 3. The normalized spacial score (nSPS) is 21.2. The van der Waals surface area contributed by atoms with Gasteiger partial charge in [-0.05, 0) is 43.3 Å². The van der Waals surface area contributed by atoms with Gasteiger partial charge in [-0.2, -0.15) is 10.2 Å². The zero-order valence-electron chi connectivity index (χ0n) is 25.8. The lowest BCUT2D eigenvalue weighted by Gasteiger charge is -2.43. The molecule has 3 saturated heterocycles. The van der Waals surface area contributed by atoms with E-state index in [1.54, 1.807) is 37.6 Å². The Balaban J connectivity index is 1.11. The number of methoxy groups -OCH3 is 1. The standard InChI is InChI=1S/C32H37FN8O5/c1-20(42)31(43)41-10-8-28(24(33)17-41)46-27-5-3-21(15-22(27)16-34)25-7-9-35-32(36-25)38-29-6-4-26(30(37-29)44-2)40-13-11-39(12-14-40)23-18-45-19-23/h3-7,9,15,20,23-24,28,42H,8,10-14,17-19H2,1-2H3,(H,35,36,37,38)/t20-,24+,28-/m0/s1. The third kappa shape index (κ3) is 6.81. The van der Waals surface area contributed by atoms with Crippen molar-refractivity contribution in [2.75, 3.05) is 69.8 Å². The minimum Gasteiger partial charge on any atom is -0.486 e. The smallest absolute Gasteiger partial charge is 0.251 e. The second-order valence-corrected chi connectivity index (χ2v) is 11.6. The van der Waals surface area contributed by atoms with Crippen molar-refractivity contribution in [2.45, 2.75) is 37.8 Å². The van der Waals surface area contributed by atoms with Crippen LogP contribution >= 0.6 is 0 Å². The summed E-state index contributed by atoms with van der Waals surface area (Å²) in [6, 6.07) is 13.2. The first-order valence-corrected chi connectivity index (χ1v) is 15.4. The van der Waals surface area contributed by atoms with E-state index in [9.17, 15) is 19.6 Å². The molecule has 46 heavy (non-hydrogen) atoms. The number of piperazine rings is 1. The van der Waals surface area contributed by atoms with E-state index in [1.165, 1.54) is 11.8 Å². The van der Waals surface area contributed by atoms with E-state index in [0.29, 0.717) is 34.9 Å². The van der Waals surface area contributed by atoms with Crippen LogP contribution in [0.4, 0.5) is 21.8 Å². The Kier molecular flexibility index (Phi) is 9.43. The number of aliphatic hydroxyl groups excluding tert-OH is 1. The molecule has 0 aliphatic carbocycles. The van der Waals surface area contributed by atoms with Gasteiger partial charge < -0.3 is 34.4 Å². The predicted molar refractivity (Wildman–Crippen MR) is 167 cm³/mol. The number of carbonyl (C=O) groups is 1. The highest BCUT2D eigenvalue weighted by molar-refractivity contribution is 5.80. The van der Waals surface area contributed by atoms with Crippen molar-refractivity contribution in [3.05, 3.63) is 48.2 Å². The van der Waals surface area contributed by atoms with Crippen LogP contribution in [-0.2, 0) is 9.53 Å². The Morgan fingerprint density at radius 2 is 1.96 bits per heavy atom. The quantitative estimate of drug-likeness (QED) is 0.357. The van der Waals surface area contributed by atoms with Crippen molar-refractivity contribution in [3.63, 3.8) is 0 Å². The average molecular weight is 633 g/mol. The number of nitrogens with one attached hydrogen (secondary N) is 1. The fraction of sp³-hybridized carbons (Fsp3) is 0.469. The zero-order chi connectivity index (χ0) is 32.2. The van der Waals surface area contributed by atoms with Crippen molar-refractivity contribution in [2.24, 2.45) is 0 Å². The number of hydrogen-bond acceptors (Lipinski definition) is 12. The number of halogens is 1. The van der Waals surface area contributed by atoms with Crippen LogP contribution in [0.5, 0.6) is 11.6 Å². The lowest BCUT2D eigenvalue weighted by Crippen LogP contribution is -2.56. The maximum Gasteiger partial charge on any atom is 0.251 e. The third-order valence-electron chi connectivity index (χ3n) is 8.55. The first-order chi connectivity index (χ1) is 22.3. The number of piperidine rings is 1. The molecular weight excluding hydrogens is 595 g/mol. The van der Waals surface area contributed by atoms with Crippen molar-refractivity contribution in [1.82, 2.24) is 24.8 Å². The molecule has 2 N–H and O–H groups in total. The van der Waals surface area contributed by atoms with Gasteiger partial charge in [0, 0.05) is 50.9 Å². The van der Waals surface area contributed by atoms with Gasteiger partial charge in [0.05, 0.1) is 44.2 Å². The van der Waals surface area contributed by atoms with Crippen LogP contribution in [0.3, 0.4) is 0 Å². The van der Waals surface area contributed by atoms with Gasteiger partial charge in [0.15, 0.2) is 6.17 Å². The van der Waals surface area contributed by atoms with Crippen molar-refractivity contribution >= 4 is 23.4 Å². The molecule has 0 unspecified atom stereocenters. The van der Waals surface area contributed by atoms with E-state index in [0.717, 1.165) is 45.1 Å². The second-order valence-electron chi connectivity index (χ2n) is 11.6. The van der Waals surface area contributed by atoms with E-state index >= 15 is 0 Å². The molecule has 5 heterocycles. The molecule has 3 aliphatic rings. The molecule has 3 aromatic rings. The van der Waals surface area contributed by atoms with Crippen molar-refractivity contribution in [1.29, 1.82) is 5.26 Å². The first kappa shape index (κ1) is 31.4. The van der Waals surface area contributed by atoms with Crippen LogP contribution in [0.25, 0.3) is 11.3 Å².